The van der Waals surface area contributed by atoms with Gasteiger partial charge in [-0.1, -0.05) is 26.2 Å². The molecule has 98 valence electrons. The molecule has 0 unspecified atom stereocenters. The normalized spacial score (nSPS) is 10.0. The molecule has 0 aliphatic rings. The average molecular weight is 248 g/mol. The minimum atomic E-state index is -0.150. The highest BCUT2D eigenvalue weighted by atomic mass is 16.5. The third kappa shape index (κ3) is 4.62. The van der Waals surface area contributed by atoms with E-state index < -0.39 is 0 Å². The predicted octanol–water partition coefficient (Wildman–Crippen LogP) is 2.72. The number of aryl methyl sites for hydroxylation is 1. The van der Waals surface area contributed by atoms with Gasteiger partial charge in [-0.25, -0.2) is 0 Å². The molecular formula is C14H20N2O2. The first-order valence-electron chi connectivity index (χ1n) is 6.48. The van der Waals surface area contributed by atoms with Gasteiger partial charge in [0.25, 0.3) is 5.56 Å². The Bertz CT molecular complexity index is 446. The van der Waals surface area contributed by atoms with Crippen molar-refractivity contribution in [2.75, 3.05) is 6.61 Å². The van der Waals surface area contributed by atoms with Crippen molar-refractivity contribution in [1.82, 2.24) is 4.57 Å². The van der Waals surface area contributed by atoms with Crippen LogP contribution in [0, 0.1) is 11.3 Å². The minimum Gasteiger partial charge on any atom is -0.488 e. The van der Waals surface area contributed by atoms with Gasteiger partial charge in [0.2, 0.25) is 0 Å². The second-order valence-corrected chi connectivity index (χ2v) is 4.19. The van der Waals surface area contributed by atoms with Crippen molar-refractivity contribution < 1.29 is 4.74 Å². The molecule has 1 aromatic rings. The smallest absolute Gasteiger partial charge is 0.292 e. The molecule has 0 atom stereocenters. The first-order valence-corrected chi connectivity index (χ1v) is 6.48. The molecule has 0 fully saturated rings. The van der Waals surface area contributed by atoms with Crippen LogP contribution in [0.15, 0.2) is 23.1 Å². The summed E-state index contributed by atoms with van der Waals surface area (Å²) >= 11 is 0. The highest BCUT2D eigenvalue weighted by Crippen LogP contribution is 2.05. The van der Waals surface area contributed by atoms with Gasteiger partial charge >= 0.3 is 0 Å². The van der Waals surface area contributed by atoms with E-state index in [9.17, 15) is 4.79 Å². The lowest BCUT2D eigenvalue weighted by molar-refractivity contribution is 0.298. The Morgan fingerprint density at radius 2 is 2.22 bits per heavy atom. The zero-order valence-electron chi connectivity index (χ0n) is 10.9. The molecule has 0 aliphatic heterocycles. The van der Waals surface area contributed by atoms with Crippen LogP contribution < -0.4 is 10.3 Å². The van der Waals surface area contributed by atoms with Crippen molar-refractivity contribution in [1.29, 1.82) is 5.26 Å². The zero-order valence-corrected chi connectivity index (χ0v) is 10.9. The number of unbranched alkanes of at least 4 members (excludes halogenated alkanes) is 3. The quantitative estimate of drug-likeness (QED) is 0.665. The monoisotopic (exact) mass is 248 g/mol. The number of hydrogen-bond acceptors (Lipinski definition) is 3. The second-order valence-electron chi connectivity index (χ2n) is 4.19. The molecular weight excluding hydrogens is 228 g/mol. The Kier molecular flexibility index (Phi) is 6.63. The van der Waals surface area contributed by atoms with E-state index >= 15 is 0 Å². The van der Waals surface area contributed by atoms with Crippen molar-refractivity contribution >= 4 is 0 Å². The van der Waals surface area contributed by atoms with Gasteiger partial charge < -0.3 is 9.30 Å². The summed E-state index contributed by atoms with van der Waals surface area (Å²) in [6.07, 6.45) is 6.51. The van der Waals surface area contributed by atoms with Crippen molar-refractivity contribution in [3.63, 3.8) is 0 Å². The van der Waals surface area contributed by atoms with E-state index in [2.05, 4.69) is 6.92 Å². The fraction of sp³-hybridized carbons (Fsp3) is 0.571. The number of nitriles is 1. The number of aromatic nitrogens is 1. The molecule has 0 N–H and O–H groups in total. The van der Waals surface area contributed by atoms with Crippen LogP contribution in [0.25, 0.3) is 0 Å². The maximum absolute atomic E-state index is 11.9. The van der Waals surface area contributed by atoms with Gasteiger partial charge in [0.1, 0.15) is 0 Å². The minimum absolute atomic E-state index is 0.150. The van der Waals surface area contributed by atoms with Crippen molar-refractivity contribution in [3.05, 3.63) is 28.7 Å². The lowest BCUT2D eigenvalue weighted by Crippen LogP contribution is -2.21. The molecule has 1 rings (SSSR count). The first-order chi connectivity index (χ1) is 8.79. The van der Waals surface area contributed by atoms with Crippen LogP contribution in [-0.4, -0.2) is 11.2 Å². The van der Waals surface area contributed by atoms with Crippen LogP contribution in [0.2, 0.25) is 0 Å². The predicted molar refractivity (Wildman–Crippen MR) is 70.6 cm³/mol. The van der Waals surface area contributed by atoms with Gasteiger partial charge in [-0.15, -0.1) is 0 Å². The third-order valence-electron chi connectivity index (χ3n) is 2.71. The van der Waals surface area contributed by atoms with E-state index in [1.807, 2.05) is 6.07 Å². The lowest BCUT2D eigenvalue weighted by Gasteiger charge is -2.08. The van der Waals surface area contributed by atoms with Crippen molar-refractivity contribution in [2.24, 2.45) is 0 Å². The SMILES string of the molecule is CCCCCCOc1cccn(CCC#N)c1=O. The zero-order chi connectivity index (χ0) is 13.2. The summed E-state index contributed by atoms with van der Waals surface area (Å²) in [6.45, 7) is 3.16. The molecule has 0 aromatic carbocycles. The van der Waals surface area contributed by atoms with Gasteiger partial charge in [-0.05, 0) is 18.6 Å². The van der Waals surface area contributed by atoms with Gasteiger partial charge in [0.15, 0.2) is 5.75 Å². The number of rotatable bonds is 8. The number of nitrogens with zero attached hydrogens (tertiary/aromatic N) is 2. The molecule has 4 heteroatoms. The first kappa shape index (κ1) is 14.3. The van der Waals surface area contributed by atoms with E-state index in [-0.39, 0.29) is 5.56 Å². The summed E-state index contributed by atoms with van der Waals surface area (Å²) < 4.78 is 7.01. The molecule has 0 spiro atoms. The highest BCUT2D eigenvalue weighted by Gasteiger charge is 2.03. The summed E-state index contributed by atoms with van der Waals surface area (Å²) in [5.41, 5.74) is -0.150. The largest absolute Gasteiger partial charge is 0.488 e. The summed E-state index contributed by atoms with van der Waals surface area (Å²) in [7, 11) is 0. The molecule has 1 heterocycles. The van der Waals surface area contributed by atoms with Crippen LogP contribution in [0.4, 0.5) is 0 Å². The van der Waals surface area contributed by atoms with Crippen molar-refractivity contribution in [3.8, 4) is 11.8 Å². The van der Waals surface area contributed by atoms with E-state index in [4.69, 9.17) is 10.00 Å². The average Bonchev–Trinajstić information content (AvgIpc) is 2.39. The fourth-order valence-corrected chi connectivity index (χ4v) is 1.68. The Balaban J connectivity index is 2.50. The Morgan fingerprint density at radius 3 is 2.94 bits per heavy atom. The van der Waals surface area contributed by atoms with E-state index in [0.29, 0.717) is 25.3 Å². The molecule has 0 amide bonds. The number of ether oxygens (including phenoxy) is 1. The van der Waals surface area contributed by atoms with Gasteiger partial charge in [-0.3, -0.25) is 4.79 Å². The maximum atomic E-state index is 11.9. The van der Waals surface area contributed by atoms with Crippen molar-refractivity contribution in [2.45, 2.75) is 45.6 Å². The van der Waals surface area contributed by atoms with E-state index in [0.717, 1.165) is 12.8 Å². The fourth-order valence-electron chi connectivity index (χ4n) is 1.68. The Morgan fingerprint density at radius 1 is 1.39 bits per heavy atom. The van der Waals surface area contributed by atoms with Crippen LogP contribution in [-0.2, 0) is 6.54 Å². The topological polar surface area (TPSA) is 55.0 Å². The number of hydrogen-bond donors (Lipinski definition) is 0. The molecule has 4 nitrogen and oxygen atoms in total. The molecule has 1 aromatic heterocycles. The van der Waals surface area contributed by atoms with Gasteiger partial charge in [0, 0.05) is 12.7 Å². The summed E-state index contributed by atoms with van der Waals surface area (Å²) in [6, 6.07) is 5.49. The Labute approximate surface area is 108 Å². The van der Waals surface area contributed by atoms with E-state index in [1.165, 1.54) is 17.4 Å². The summed E-state index contributed by atoms with van der Waals surface area (Å²) in [5.74, 6) is 0.381. The molecule has 0 saturated heterocycles. The van der Waals surface area contributed by atoms with Crippen LogP contribution in [0.5, 0.6) is 5.75 Å². The molecule has 18 heavy (non-hydrogen) atoms. The van der Waals surface area contributed by atoms with Crippen LogP contribution in [0.3, 0.4) is 0 Å². The van der Waals surface area contributed by atoms with Gasteiger partial charge in [-0.2, -0.15) is 5.26 Å². The lowest BCUT2D eigenvalue weighted by atomic mass is 10.2. The number of pyridine rings is 1. The summed E-state index contributed by atoms with van der Waals surface area (Å²) in [5, 5.41) is 8.51. The standard InChI is InChI=1S/C14H20N2O2/c1-2-3-4-5-12-18-13-8-6-10-16(14(13)17)11-7-9-15/h6,8,10H,2-5,7,11-12H2,1H3. The molecule has 0 bridgehead atoms. The van der Waals surface area contributed by atoms with Crippen LogP contribution in [0.1, 0.15) is 39.0 Å². The van der Waals surface area contributed by atoms with Crippen LogP contribution >= 0.6 is 0 Å². The van der Waals surface area contributed by atoms with Gasteiger partial charge in [0.05, 0.1) is 19.1 Å². The summed E-state index contributed by atoms with van der Waals surface area (Å²) in [4.78, 5) is 11.9. The maximum Gasteiger partial charge on any atom is 0.292 e. The molecule has 0 radical (unpaired) electrons. The third-order valence-corrected chi connectivity index (χ3v) is 2.71. The highest BCUT2D eigenvalue weighted by molar-refractivity contribution is 5.17. The molecule has 0 aliphatic carbocycles. The van der Waals surface area contributed by atoms with E-state index in [1.54, 1.807) is 18.3 Å². The second kappa shape index (κ2) is 8.35. The molecule has 0 saturated carbocycles. The Hall–Kier alpha value is -1.76.